The monoisotopic (exact) mass is 974 g/mol. The van der Waals surface area contributed by atoms with Crippen LogP contribution in [0.2, 0.25) is 0 Å². The predicted molar refractivity (Wildman–Crippen MR) is 307 cm³/mol. The summed E-state index contributed by atoms with van der Waals surface area (Å²) in [7, 11) is 0. The van der Waals surface area contributed by atoms with Crippen molar-refractivity contribution in [2.24, 2.45) is 0 Å². The average Bonchev–Trinajstić information content (AvgIpc) is 4.25. The Morgan fingerprint density at radius 3 is 1.24 bits per heavy atom. The minimum Gasteiger partial charge on any atom is -0.309 e. The topological polar surface area (TPSA) is 43.6 Å². The largest absolute Gasteiger partial charge is 0.309 e. The molecule has 16 aromatic rings. The number of benzene rings is 10. The van der Waals surface area contributed by atoms with Gasteiger partial charge < -0.3 is 4.57 Å². The molecule has 6 heterocycles. The van der Waals surface area contributed by atoms with Crippen LogP contribution in [0.3, 0.4) is 0 Å². The van der Waals surface area contributed by atoms with Gasteiger partial charge in [0, 0.05) is 114 Å². The molecule has 0 N–H and O–H groups in total. The quantitative estimate of drug-likeness (QED) is 0.173. The molecular weight excluding hydrogens is 941 g/mol. The maximum absolute atomic E-state index is 5.48. The predicted octanol–water partition coefficient (Wildman–Crippen LogP) is 19.1. The molecule has 6 aromatic heterocycles. The van der Waals surface area contributed by atoms with Crippen molar-refractivity contribution in [3.63, 3.8) is 0 Å². The van der Waals surface area contributed by atoms with Crippen molar-refractivity contribution in [2.75, 3.05) is 0 Å². The van der Waals surface area contributed by atoms with E-state index in [0.29, 0.717) is 17.5 Å². The second kappa shape index (κ2) is 15.2. The second-order valence-electron chi connectivity index (χ2n) is 18.2. The first-order chi connectivity index (χ1) is 35.2. The zero-order valence-corrected chi connectivity index (χ0v) is 40.8. The molecule has 16 rings (SSSR count). The van der Waals surface area contributed by atoms with Crippen LogP contribution >= 0.6 is 45.3 Å². The van der Waals surface area contributed by atoms with Crippen molar-refractivity contribution >= 4 is 148 Å². The minimum absolute atomic E-state index is 0.667. The summed E-state index contributed by atoms with van der Waals surface area (Å²) >= 11 is 7.32. The van der Waals surface area contributed by atoms with E-state index in [0.717, 1.165) is 22.1 Å². The Morgan fingerprint density at radius 1 is 0.268 bits per heavy atom. The number of fused-ring (bicyclic) bond motifs is 15. The average molecular weight is 975 g/mol. The van der Waals surface area contributed by atoms with Crippen LogP contribution in [0.4, 0.5) is 0 Å². The summed E-state index contributed by atoms with van der Waals surface area (Å²) in [6.45, 7) is 0. The Morgan fingerprint density at radius 2 is 0.676 bits per heavy atom. The van der Waals surface area contributed by atoms with Crippen molar-refractivity contribution in [3.8, 4) is 51.0 Å². The summed E-state index contributed by atoms with van der Waals surface area (Å²) in [5, 5.41) is 12.3. The van der Waals surface area contributed by atoms with Gasteiger partial charge in [0.2, 0.25) is 0 Å². The Labute approximate surface area is 421 Å². The van der Waals surface area contributed by atoms with Gasteiger partial charge in [-0.25, -0.2) is 15.0 Å². The zero-order chi connectivity index (χ0) is 46.3. The molecule has 0 saturated carbocycles. The van der Waals surface area contributed by atoms with E-state index in [9.17, 15) is 0 Å². The van der Waals surface area contributed by atoms with Crippen LogP contribution < -0.4 is 0 Å². The third-order valence-corrected chi connectivity index (χ3v) is 18.8. The van der Waals surface area contributed by atoms with Crippen molar-refractivity contribution in [3.05, 3.63) is 206 Å². The Kier molecular flexibility index (Phi) is 8.50. The van der Waals surface area contributed by atoms with E-state index >= 15 is 0 Å². The zero-order valence-electron chi connectivity index (χ0n) is 37.6. The lowest BCUT2D eigenvalue weighted by Gasteiger charge is -2.11. The molecule has 330 valence electrons. The highest BCUT2D eigenvalue weighted by molar-refractivity contribution is 7.27. The number of rotatable bonds is 5. The van der Waals surface area contributed by atoms with Crippen LogP contribution in [-0.2, 0) is 0 Å². The van der Waals surface area contributed by atoms with Crippen molar-refractivity contribution in [1.29, 1.82) is 0 Å². The van der Waals surface area contributed by atoms with Gasteiger partial charge in [-0.3, -0.25) is 0 Å². The maximum Gasteiger partial charge on any atom is 0.164 e. The van der Waals surface area contributed by atoms with Crippen molar-refractivity contribution < 1.29 is 0 Å². The van der Waals surface area contributed by atoms with Gasteiger partial charge in [-0.05, 0) is 83.9 Å². The number of hydrogen-bond acceptors (Lipinski definition) is 7. The van der Waals surface area contributed by atoms with Crippen LogP contribution in [0.25, 0.3) is 153 Å². The van der Waals surface area contributed by atoms with E-state index in [1.165, 1.54) is 114 Å². The molecule has 8 heteroatoms. The molecule has 0 radical (unpaired) electrons. The first-order valence-electron chi connectivity index (χ1n) is 23.7. The minimum atomic E-state index is 0.667. The van der Waals surface area contributed by atoms with Crippen LogP contribution in [0.15, 0.2) is 206 Å². The summed E-state index contributed by atoms with van der Waals surface area (Å²) in [5.41, 5.74) is 9.03. The number of thiophene rings is 4. The van der Waals surface area contributed by atoms with Gasteiger partial charge in [-0.1, -0.05) is 133 Å². The first kappa shape index (κ1) is 39.7. The molecule has 71 heavy (non-hydrogen) atoms. The fourth-order valence-electron chi connectivity index (χ4n) is 11.1. The number of hydrogen-bond donors (Lipinski definition) is 0. The van der Waals surface area contributed by atoms with Gasteiger partial charge in [0.25, 0.3) is 0 Å². The van der Waals surface area contributed by atoms with Crippen LogP contribution in [-0.4, -0.2) is 19.5 Å². The molecule has 0 saturated heterocycles. The van der Waals surface area contributed by atoms with E-state index in [-0.39, 0.29) is 0 Å². The molecule has 0 atom stereocenters. The molecular formula is C63H34N4S4. The van der Waals surface area contributed by atoms with E-state index < -0.39 is 0 Å². The molecule has 0 aliphatic carbocycles. The summed E-state index contributed by atoms with van der Waals surface area (Å²) in [5.74, 6) is 2.01. The Bertz CT molecular complexity index is 4730. The fraction of sp³-hybridized carbons (Fsp3) is 0. The van der Waals surface area contributed by atoms with Crippen LogP contribution in [0, 0.1) is 0 Å². The lowest BCUT2D eigenvalue weighted by Crippen LogP contribution is -2.01. The second-order valence-corrected chi connectivity index (χ2v) is 22.6. The standard InChI is InChI=1S/C63H34N4S4/c1-5-19-48-38(12-1)39-13-2-6-20-49(39)67(48)37-28-30-41-40-29-26-36(33-56(40)71-57(41)34-37)35-27-31-52-47(32-35)60-46(18-11-25-55(60)70-52)63-65-61(44-16-9-23-53-58(44)42-14-3-7-21-50(42)68-53)64-62(66-63)45-17-10-24-54-59(45)43-15-4-8-22-51(43)69-54/h1-34H. The molecule has 0 fully saturated rings. The lowest BCUT2D eigenvalue weighted by atomic mass is 9.99. The maximum atomic E-state index is 5.48. The fourth-order valence-corrected chi connectivity index (χ4v) is 15.7. The molecule has 0 unspecified atom stereocenters. The molecule has 0 amide bonds. The van der Waals surface area contributed by atoms with Gasteiger partial charge >= 0.3 is 0 Å². The SMILES string of the molecule is c1ccc2c(c1)sc1cccc(-c3nc(-c4cccc5sc6ccccc6c45)nc(-c4cccc5sc6ccc(-c7ccc8c(c7)sc7cc(-n9c%10ccccc%10c%10ccccc%109)ccc78)cc6c45)n3)c12. The Balaban J connectivity index is 0.867. The van der Waals surface area contributed by atoms with Crippen LogP contribution in [0.1, 0.15) is 0 Å². The van der Waals surface area contributed by atoms with Gasteiger partial charge in [0.1, 0.15) is 0 Å². The molecule has 0 aliphatic rings. The highest BCUT2D eigenvalue weighted by Gasteiger charge is 2.22. The van der Waals surface area contributed by atoms with Crippen molar-refractivity contribution in [2.45, 2.75) is 0 Å². The van der Waals surface area contributed by atoms with Crippen molar-refractivity contribution in [1.82, 2.24) is 19.5 Å². The first-order valence-corrected chi connectivity index (χ1v) is 26.9. The third-order valence-electron chi connectivity index (χ3n) is 14.3. The van der Waals surface area contributed by atoms with E-state index in [1.54, 1.807) is 0 Å². The van der Waals surface area contributed by atoms with E-state index in [1.807, 2.05) is 45.3 Å². The van der Waals surface area contributed by atoms with E-state index in [2.05, 4.69) is 211 Å². The molecule has 10 aromatic carbocycles. The molecule has 0 spiro atoms. The van der Waals surface area contributed by atoms with Gasteiger partial charge in [-0.15, -0.1) is 45.3 Å². The van der Waals surface area contributed by atoms with Gasteiger partial charge in [0.15, 0.2) is 17.5 Å². The summed E-state index contributed by atoms with van der Waals surface area (Å²) in [6.07, 6.45) is 0. The van der Waals surface area contributed by atoms with Gasteiger partial charge in [-0.2, -0.15) is 0 Å². The number of aromatic nitrogens is 4. The molecule has 0 bridgehead atoms. The summed E-state index contributed by atoms with van der Waals surface area (Å²) in [4.78, 5) is 16.4. The normalized spacial score (nSPS) is 12.2. The number of nitrogens with zero attached hydrogens (tertiary/aromatic N) is 4. The highest BCUT2D eigenvalue weighted by atomic mass is 32.1. The lowest BCUT2D eigenvalue weighted by molar-refractivity contribution is 1.08. The van der Waals surface area contributed by atoms with Gasteiger partial charge in [0.05, 0.1) is 11.0 Å². The summed E-state index contributed by atoms with van der Waals surface area (Å²) in [6, 6.07) is 75.3. The number of para-hydroxylation sites is 2. The molecule has 4 nitrogen and oxygen atoms in total. The summed E-state index contributed by atoms with van der Waals surface area (Å²) < 4.78 is 12.3. The molecule has 0 aliphatic heterocycles. The van der Waals surface area contributed by atoms with Crippen LogP contribution in [0.5, 0.6) is 0 Å². The highest BCUT2D eigenvalue weighted by Crippen LogP contribution is 2.46. The third kappa shape index (κ3) is 5.97. The van der Waals surface area contributed by atoms with E-state index in [4.69, 9.17) is 15.0 Å². The Hall–Kier alpha value is -8.11. The smallest absolute Gasteiger partial charge is 0.164 e.